The number of nitrogens with zero attached hydrogens (tertiary/aromatic N) is 9. The molecule has 41 heavy (non-hydrogen) atoms. The second-order valence-corrected chi connectivity index (χ2v) is 12.1. The van der Waals surface area contributed by atoms with E-state index in [9.17, 15) is 13.2 Å². The Hall–Kier alpha value is -3.62. The number of rotatable bonds is 10. The second-order valence-electron chi connectivity index (χ2n) is 10.1. The van der Waals surface area contributed by atoms with Crippen LogP contribution in [0.4, 0.5) is 0 Å². The Bertz CT molecular complexity index is 1720. The molecule has 0 aliphatic carbocycles. The van der Waals surface area contributed by atoms with Crippen molar-refractivity contribution in [2.75, 3.05) is 39.3 Å². The molecule has 14 heteroatoms. The first-order valence-corrected chi connectivity index (χ1v) is 15.5. The van der Waals surface area contributed by atoms with Crippen LogP contribution in [0.25, 0.3) is 28.4 Å². The summed E-state index contributed by atoms with van der Waals surface area (Å²) in [4.78, 5) is 25.3. The number of benzene rings is 1. The molecule has 0 spiro atoms. The van der Waals surface area contributed by atoms with Gasteiger partial charge >= 0.3 is 0 Å². The maximum absolute atomic E-state index is 13.7. The zero-order valence-corrected chi connectivity index (χ0v) is 25.1. The number of piperazine rings is 1. The summed E-state index contributed by atoms with van der Waals surface area (Å²) in [5, 5.41) is 8.74. The van der Waals surface area contributed by atoms with E-state index in [1.165, 1.54) is 15.2 Å². The average molecular weight is 584 g/mol. The SMILES string of the molecule is CCCOc1ccc(S(=O)(=O)N2CCN(CC)CC2)cc1-c1nc2c(CCC)n(-c3ncnn3C)nc2c(=O)n1C. The Morgan fingerprint density at radius 2 is 1.76 bits per heavy atom. The lowest BCUT2D eigenvalue weighted by Gasteiger charge is -2.33. The van der Waals surface area contributed by atoms with Crippen molar-refractivity contribution < 1.29 is 13.2 Å². The quantitative estimate of drug-likeness (QED) is 0.275. The second kappa shape index (κ2) is 11.7. The van der Waals surface area contributed by atoms with Gasteiger partial charge in [0, 0.05) is 40.3 Å². The van der Waals surface area contributed by atoms with Crippen molar-refractivity contribution in [2.24, 2.45) is 14.1 Å². The van der Waals surface area contributed by atoms with E-state index in [0.717, 1.165) is 25.1 Å². The van der Waals surface area contributed by atoms with Gasteiger partial charge in [0.05, 0.1) is 22.8 Å². The van der Waals surface area contributed by atoms with Crippen molar-refractivity contribution >= 4 is 21.1 Å². The van der Waals surface area contributed by atoms with Crippen molar-refractivity contribution in [3.05, 3.63) is 40.6 Å². The minimum absolute atomic E-state index is 0.138. The largest absolute Gasteiger partial charge is 0.493 e. The maximum Gasteiger partial charge on any atom is 0.281 e. The van der Waals surface area contributed by atoms with Crippen LogP contribution in [0.15, 0.2) is 34.2 Å². The van der Waals surface area contributed by atoms with E-state index in [4.69, 9.17) is 9.72 Å². The maximum atomic E-state index is 13.7. The van der Waals surface area contributed by atoms with Crippen LogP contribution in [-0.2, 0) is 30.5 Å². The third-order valence-corrected chi connectivity index (χ3v) is 9.32. The Morgan fingerprint density at radius 1 is 1.00 bits per heavy atom. The molecule has 4 heterocycles. The van der Waals surface area contributed by atoms with E-state index < -0.39 is 10.0 Å². The van der Waals surface area contributed by atoms with Crippen LogP contribution < -0.4 is 10.3 Å². The van der Waals surface area contributed by atoms with Crippen LogP contribution in [0.5, 0.6) is 5.75 Å². The van der Waals surface area contributed by atoms with E-state index in [1.807, 2.05) is 13.8 Å². The number of aryl methyl sites for hydroxylation is 2. The van der Waals surface area contributed by atoms with Crippen molar-refractivity contribution in [3.8, 4) is 23.1 Å². The van der Waals surface area contributed by atoms with E-state index in [-0.39, 0.29) is 16.0 Å². The van der Waals surface area contributed by atoms with Gasteiger partial charge in [0.15, 0.2) is 5.52 Å². The number of aromatic nitrogens is 7. The predicted molar refractivity (Wildman–Crippen MR) is 155 cm³/mol. The molecular weight excluding hydrogens is 546 g/mol. The van der Waals surface area contributed by atoms with Crippen LogP contribution >= 0.6 is 0 Å². The fourth-order valence-corrected chi connectivity index (χ4v) is 6.56. The molecule has 13 nitrogen and oxygen atoms in total. The zero-order chi connectivity index (χ0) is 29.3. The molecule has 1 aromatic carbocycles. The summed E-state index contributed by atoms with van der Waals surface area (Å²) in [7, 11) is -0.405. The molecule has 0 atom stereocenters. The first-order valence-electron chi connectivity index (χ1n) is 14.0. The molecule has 0 saturated carbocycles. The molecule has 0 amide bonds. The van der Waals surface area contributed by atoms with Crippen molar-refractivity contribution in [1.29, 1.82) is 0 Å². The van der Waals surface area contributed by atoms with Crippen LogP contribution in [0.2, 0.25) is 0 Å². The topological polar surface area (TPSA) is 133 Å². The molecular formula is C27H37N9O4S. The minimum Gasteiger partial charge on any atom is -0.493 e. The monoisotopic (exact) mass is 583 g/mol. The molecule has 1 fully saturated rings. The molecule has 5 rings (SSSR count). The molecule has 0 N–H and O–H groups in total. The van der Waals surface area contributed by atoms with Crippen LogP contribution in [-0.4, -0.2) is 91.0 Å². The molecule has 1 aliphatic rings. The summed E-state index contributed by atoms with van der Waals surface area (Å²) in [5.41, 5.74) is 1.46. The lowest BCUT2D eigenvalue weighted by molar-refractivity contribution is 0.196. The number of fused-ring (bicyclic) bond motifs is 1. The summed E-state index contributed by atoms with van der Waals surface area (Å²) < 4.78 is 39.6. The summed E-state index contributed by atoms with van der Waals surface area (Å²) in [6.07, 6.45) is 3.58. The number of hydrogen-bond acceptors (Lipinski definition) is 9. The first-order chi connectivity index (χ1) is 19.7. The van der Waals surface area contributed by atoms with Gasteiger partial charge in [-0.15, -0.1) is 0 Å². The Labute approximate surface area is 239 Å². The van der Waals surface area contributed by atoms with Gasteiger partial charge < -0.3 is 9.64 Å². The molecule has 1 aliphatic heterocycles. The Balaban J connectivity index is 1.68. The fraction of sp³-hybridized carbons (Fsp3) is 0.519. The number of ether oxygens (including phenoxy) is 1. The Kier molecular flexibility index (Phi) is 8.25. The van der Waals surface area contributed by atoms with Gasteiger partial charge in [0.2, 0.25) is 16.0 Å². The lowest BCUT2D eigenvalue weighted by Crippen LogP contribution is -2.48. The van der Waals surface area contributed by atoms with Gasteiger partial charge in [-0.05, 0) is 37.6 Å². The molecule has 4 aromatic rings. The number of sulfonamides is 1. The van der Waals surface area contributed by atoms with Crippen molar-refractivity contribution in [1.82, 2.24) is 43.3 Å². The highest BCUT2D eigenvalue weighted by atomic mass is 32.2. The summed E-state index contributed by atoms with van der Waals surface area (Å²) in [6.45, 7) is 9.62. The fourth-order valence-electron chi connectivity index (χ4n) is 5.11. The minimum atomic E-state index is -3.77. The standard InChI is InChI=1S/C27H37N9O4S/c1-6-9-21-23-24(31-36(21)27-28-18-29-33(27)5)26(37)32(4)25(30-23)20-17-19(10-11-22(20)40-16-7-2)41(38,39)35-14-12-34(8-3)13-15-35/h10-11,17-18H,6-9,12-16H2,1-5H3. The molecule has 0 unspecified atom stereocenters. The van der Waals surface area contributed by atoms with E-state index in [1.54, 1.807) is 41.7 Å². The predicted octanol–water partition coefficient (Wildman–Crippen LogP) is 1.98. The summed E-state index contributed by atoms with van der Waals surface area (Å²) in [5.74, 6) is 1.23. The smallest absolute Gasteiger partial charge is 0.281 e. The van der Waals surface area contributed by atoms with Crippen LogP contribution in [0.1, 0.15) is 39.3 Å². The summed E-state index contributed by atoms with van der Waals surface area (Å²) in [6, 6.07) is 4.81. The molecule has 1 saturated heterocycles. The number of hydrogen-bond donors (Lipinski definition) is 0. The van der Waals surface area contributed by atoms with Gasteiger partial charge in [-0.1, -0.05) is 27.2 Å². The van der Waals surface area contributed by atoms with E-state index >= 15 is 0 Å². The normalized spacial score (nSPS) is 15.1. The van der Waals surface area contributed by atoms with E-state index in [0.29, 0.717) is 67.8 Å². The average Bonchev–Trinajstić information content (AvgIpc) is 3.56. The summed E-state index contributed by atoms with van der Waals surface area (Å²) >= 11 is 0. The highest BCUT2D eigenvalue weighted by Crippen LogP contribution is 2.33. The highest BCUT2D eigenvalue weighted by Gasteiger charge is 2.30. The van der Waals surface area contributed by atoms with Crippen LogP contribution in [0, 0.1) is 0 Å². The van der Waals surface area contributed by atoms with Gasteiger partial charge in [0.1, 0.15) is 23.4 Å². The zero-order valence-electron chi connectivity index (χ0n) is 24.2. The third-order valence-electron chi connectivity index (χ3n) is 7.43. The number of likely N-dealkylation sites (N-methyl/N-ethyl adjacent to an activating group) is 1. The molecule has 0 radical (unpaired) electrons. The Morgan fingerprint density at radius 3 is 2.39 bits per heavy atom. The van der Waals surface area contributed by atoms with Gasteiger partial charge in [-0.25, -0.2) is 22.8 Å². The van der Waals surface area contributed by atoms with Gasteiger partial charge in [0.25, 0.3) is 5.56 Å². The molecule has 220 valence electrons. The molecule has 0 bridgehead atoms. The van der Waals surface area contributed by atoms with Gasteiger partial charge in [-0.3, -0.25) is 9.36 Å². The molecule has 3 aromatic heterocycles. The highest BCUT2D eigenvalue weighted by molar-refractivity contribution is 7.89. The third kappa shape index (κ3) is 5.26. The first kappa shape index (κ1) is 28.9. The van der Waals surface area contributed by atoms with Crippen molar-refractivity contribution in [3.63, 3.8) is 0 Å². The van der Waals surface area contributed by atoms with Crippen LogP contribution in [0.3, 0.4) is 0 Å². The van der Waals surface area contributed by atoms with E-state index in [2.05, 4.69) is 27.0 Å². The lowest BCUT2D eigenvalue weighted by atomic mass is 10.1. The van der Waals surface area contributed by atoms with Crippen molar-refractivity contribution in [2.45, 2.75) is 44.9 Å². The van der Waals surface area contributed by atoms with Gasteiger partial charge in [-0.2, -0.15) is 19.5 Å².